The number of nitrogens with one attached hydrogen (secondary N) is 1. The summed E-state index contributed by atoms with van der Waals surface area (Å²) in [5.41, 5.74) is 2.61. The summed E-state index contributed by atoms with van der Waals surface area (Å²) in [6, 6.07) is 16.0. The first-order valence-electron chi connectivity index (χ1n) is 11.2. The van der Waals surface area contributed by atoms with Crippen molar-refractivity contribution in [2.75, 3.05) is 23.8 Å². The van der Waals surface area contributed by atoms with E-state index < -0.39 is 18.8 Å². The molecule has 166 valence electrons. The Morgan fingerprint density at radius 2 is 1.65 bits per heavy atom. The molecule has 1 saturated heterocycles. The van der Waals surface area contributed by atoms with Crippen LogP contribution in [0.25, 0.3) is 0 Å². The van der Waals surface area contributed by atoms with E-state index in [2.05, 4.69) is 29.6 Å². The second-order valence-corrected chi connectivity index (χ2v) is 13.9. The first-order chi connectivity index (χ1) is 14.7. The normalized spacial score (nSPS) is 15.9. The third kappa shape index (κ3) is 6.64. The Bertz CT molecular complexity index is 912. The quantitative estimate of drug-likeness (QED) is 0.424. The monoisotopic (exact) mass is 440 g/mol. The average molecular weight is 441 g/mol. The number of hydrogen-bond donors (Lipinski definition) is 1. The molecule has 0 spiro atoms. The van der Waals surface area contributed by atoms with Gasteiger partial charge in [-0.2, -0.15) is 0 Å². The van der Waals surface area contributed by atoms with Crippen LogP contribution in [0.15, 0.2) is 48.5 Å². The van der Waals surface area contributed by atoms with Crippen LogP contribution in [0.4, 0.5) is 5.69 Å². The van der Waals surface area contributed by atoms with Crippen molar-refractivity contribution in [1.29, 1.82) is 0 Å². The van der Waals surface area contributed by atoms with Crippen LogP contribution in [0.3, 0.4) is 0 Å². The summed E-state index contributed by atoms with van der Waals surface area (Å²) in [5, 5.41) is 3.09. The van der Waals surface area contributed by atoms with Crippen LogP contribution in [0.5, 0.6) is 0 Å². The van der Waals surface area contributed by atoms with Gasteiger partial charge < -0.3 is 10.1 Å². The number of hydrogen-bond acceptors (Lipinski definition) is 3. The molecule has 1 amide bonds. The Morgan fingerprint density at radius 3 is 2.29 bits per heavy atom. The lowest BCUT2D eigenvalue weighted by atomic mass is 10.1. The minimum absolute atomic E-state index is 0.0188. The average Bonchev–Trinajstić information content (AvgIpc) is 2.69. The number of esters is 1. The van der Waals surface area contributed by atoms with Gasteiger partial charge in [0.1, 0.15) is 11.8 Å². The van der Waals surface area contributed by atoms with Gasteiger partial charge in [0.2, 0.25) is 0 Å². The highest BCUT2D eigenvalue weighted by atomic mass is 31.2. The first-order valence-corrected chi connectivity index (χ1v) is 13.7. The molecule has 31 heavy (non-hydrogen) atoms. The van der Waals surface area contributed by atoms with E-state index in [0.29, 0.717) is 17.4 Å². The topological polar surface area (TPSA) is 55.4 Å². The molecule has 0 atom stereocenters. The fourth-order valence-corrected chi connectivity index (χ4v) is 8.78. The maximum absolute atomic E-state index is 13.3. The van der Waals surface area contributed by atoms with Crippen molar-refractivity contribution in [3.05, 3.63) is 65.2 Å². The van der Waals surface area contributed by atoms with Gasteiger partial charge in [0.15, 0.2) is 0 Å². The zero-order chi connectivity index (χ0) is 22.5. The third-order valence-electron chi connectivity index (χ3n) is 5.76. The zero-order valence-electron chi connectivity index (χ0n) is 19.2. The van der Waals surface area contributed by atoms with E-state index in [1.165, 1.54) is 37.1 Å². The van der Waals surface area contributed by atoms with E-state index in [-0.39, 0.29) is 5.91 Å². The number of anilines is 1. The predicted octanol–water partition coefficient (Wildman–Crippen LogP) is 6.29. The van der Waals surface area contributed by atoms with Crippen LogP contribution < -0.4 is 5.32 Å². The van der Waals surface area contributed by atoms with E-state index in [1.54, 1.807) is 6.07 Å². The van der Waals surface area contributed by atoms with Gasteiger partial charge in [-0.3, -0.25) is 4.79 Å². The van der Waals surface area contributed by atoms with Crippen LogP contribution in [0.2, 0.25) is 0 Å². The van der Waals surface area contributed by atoms with Crippen molar-refractivity contribution in [3.8, 4) is 0 Å². The molecule has 0 bridgehead atoms. The first kappa shape index (κ1) is 23.5. The van der Waals surface area contributed by atoms with Crippen molar-refractivity contribution < 1.29 is 14.3 Å². The van der Waals surface area contributed by atoms with E-state index in [0.717, 1.165) is 11.7 Å². The molecule has 0 saturated carbocycles. The molecular weight excluding hydrogens is 405 g/mol. The number of ether oxygens (including phenoxy) is 1. The van der Waals surface area contributed by atoms with Gasteiger partial charge >= 0.3 is 5.97 Å². The van der Waals surface area contributed by atoms with Crippen LogP contribution in [-0.2, 0) is 15.7 Å². The van der Waals surface area contributed by atoms with Gasteiger partial charge in [0.25, 0.3) is 5.91 Å². The number of amides is 1. The van der Waals surface area contributed by atoms with E-state index in [9.17, 15) is 9.59 Å². The Morgan fingerprint density at radius 1 is 0.968 bits per heavy atom. The van der Waals surface area contributed by atoms with E-state index >= 15 is 0 Å². The van der Waals surface area contributed by atoms with Crippen molar-refractivity contribution in [2.24, 2.45) is 0 Å². The number of carbonyl (C=O) groups excluding carboxylic acids is 2. The molecule has 0 aliphatic carbocycles. The molecule has 1 heterocycles. The maximum Gasteiger partial charge on any atom is 0.340 e. The molecule has 1 aliphatic heterocycles. The number of benzene rings is 2. The number of rotatable bonds is 6. The second-order valence-electron chi connectivity index (χ2n) is 9.70. The largest absolute Gasteiger partial charge is 0.456 e. The molecule has 1 fully saturated rings. The standard InChI is InChI=1S/C26H34NO3P/c1-20-12-11-15-22(25(29)30-26(2,3)4)24(20)27-23(28)19-31(16-9-6-10-17-31)18-21-13-7-5-8-14-21/h5,7-8,11-15H,6,9-10,16-19H2,1-4H3/p+1. The summed E-state index contributed by atoms with van der Waals surface area (Å²) in [5.74, 6) is -0.386. The van der Waals surface area contributed by atoms with Crippen molar-refractivity contribution >= 4 is 24.8 Å². The molecule has 3 rings (SSSR count). The van der Waals surface area contributed by atoms with E-state index in [1.807, 2.05) is 45.9 Å². The Kier molecular flexibility index (Phi) is 7.54. The van der Waals surface area contributed by atoms with Crippen LogP contribution >= 0.6 is 7.26 Å². The fourth-order valence-electron chi connectivity index (χ4n) is 4.35. The zero-order valence-corrected chi connectivity index (χ0v) is 20.1. The molecule has 1 N–H and O–H groups in total. The highest BCUT2D eigenvalue weighted by Crippen LogP contribution is 2.64. The highest BCUT2D eigenvalue weighted by Gasteiger charge is 2.41. The van der Waals surface area contributed by atoms with Gasteiger partial charge in [-0.05, 0) is 64.2 Å². The van der Waals surface area contributed by atoms with Gasteiger partial charge in [0, 0.05) is 7.26 Å². The van der Waals surface area contributed by atoms with Gasteiger partial charge in [0.05, 0.1) is 29.7 Å². The lowest BCUT2D eigenvalue weighted by Crippen LogP contribution is -2.27. The number of aryl methyl sites for hydroxylation is 1. The number of para-hydroxylation sites is 1. The fraction of sp³-hybridized carbons (Fsp3) is 0.462. The minimum atomic E-state index is -1.42. The smallest absolute Gasteiger partial charge is 0.340 e. The molecular formula is C26H35NO3P+. The lowest BCUT2D eigenvalue weighted by Gasteiger charge is -2.31. The third-order valence-corrected chi connectivity index (χ3v) is 10.3. The molecule has 1 aliphatic rings. The summed E-state index contributed by atoms with van der Waals surface area (Å²) < 4.78 is 5.57. The predicted molar refractivity (Wildman–Crippen MR) is 130 cm³/mol. The van der Waals surface area contributed by atoms with Gasteiger partial charge in [-0.1, -0.05) is 42.5 Å². The van der Waals surface area contributed by atoms with Crippen LogP contribution in [-0.4, -0.2) is 36.0 Å². The molecule has 2 aromatic carbocycles. The molecule has 0 aromatic heterocycles. The van der Waals surface area contributed by atoms with Crippen molar-refractivity contribution in [3.63, 3.8) is 0 Å². The molecule has 0 radical (unpaired) electrons. The summed E-state index contributed by atoms with van der Waals surface area (Å²) >= 11 is 0. The van der Waals surface area contributed by atoms with Gasteiger partial charge in [-0.15, -0.1) is 0 Å². The lowest BCUT2D eigenvalue weighted by molar-refractivity contribution is -0.113. The summed E-state index contributed by atoms with van der Waals surface area (Å²) in [6.45, 7) is 7.46. The second kappa shape index (κ2) is 9.96. The molecule has 4 nitrogen and oxygen atoms in total. The Hall–Kier alpha value is -2.19. The van der Waals surface area contributed by atoms with Crippen LogP contribution in [0.1, 0.15) is 61.5 Å². The van der Waals surface area contributed by atoms with E-state index in [4.69, 9.17) is 4.74 Å². The Balaban J connectivity index is 1.79. The van der Waals surface area contributed by atoms with Crippen molar-refractivity contribution in [1.82, 2.24) is 0 Å². The maximum atomic E-state index is 13.3. The van der Waals surface area contributed by atoms with Gasteiger partial charge in [-0.25, -0.2) is 4.79 Å². The minimum Gasteiger partial charge on any atom is -0.456 e. The SMILES string of the molecule is Cc1cccc(C(=O)OC(C)(C)C)c1NC(=O)C[P+]1(Cc2ccccc2)CCCCC1. The van der Waals surface area contributed by atoms with Crippen molar-refractivity contribution in [2.45, 2.75) is 58.7 Å². The molecule has 5 heteroatoms. The summed E-state index contributed by atoms with van der Waals surface area (Å²) in [4.78, 5) is 26.0. The Labute approximate surface area is 187 Å². The summed E-state index contributed by atoms with van der Waals surface area (Å²) in [7, 11) is -1.42. The summed E-state index contributed by atoms with van der Waals surface area (Å²) in [6.07, 6.45) is 7.61. The number of carbonyl (C=O) groups is 2. The molecule has 2 aromatic rings. The molecule has 0 unspecified atom stereocenters. The highest BCUT2D eigenvalue weighted by molar-refractivity contribution is 7.76. The van der Waals surface area contributed by atoms with Crippen LogP contribution in [0, 0.1) is 6.92 Å².